The van der Waals surface area contributed by atoms with Gasteiger partial charge in [-0.1, -0.05) is 17.7 Å². The van der Waals surface area contributed by atoms with Crippen molar-refractivity contribution in [3.8, 4) is 11.5 Å². The summed E-state index contributed by atoms with van der Waals surface area (Å²) < 4.78 is 12.8. The highest BCUT2D eigenvalue weighted by Gasteiger charge is 2.18. The van der Waals surface area contributed by atoms with Gasteiger partial charge in [-0.05, 0) is 37.1 Å². The van der Waals surface area contributed by atoms with Crippen molar-refractivity contribution in [3.63, 3.8) is 0 Å². The number of aromatic nitrogens is 3. The predicted molar refractivity (Wildman–Crippen MR) is 120 cm³/mol. The van der Waals surface area contributed by atoms with E-state index in [1.54, 1.807) is 49.8 Å². The Morgan fingerprint density at radius 1 is 1.16 bits per heavy atom. The summed E-state index contributed by atoms with van der Waals surface area (Å²) in [7, 11) is 3.14. The molecule has 3 aromatic rings. The first kappa shape index (κ1) is 22.4. The van der Waals surface area contributed by atoms with Gasteiger partial charge in [0.25, 0.3) is 0 Å². The molecule has 0 unspecified atom stereocenters. The lowest BCUT2D eigenvalue weighted by molar-refractivity contribution is 0.245. The number of halogens is 1. The van der Waals surface area contributed by atoms with E-state index in [0.29, 0.717) is 35.4 Å². The van der Waals surface area contributed by atoms with Crippen LogP contribution in [0.5, 0.6) is 11.5 Å². The van der Waals surface area contributed by atoms with Gasteiger partial charge in [0.15, 0.2) is 11.5 Å². The smallest absolute Gasteiger partial charge is 0.322 e. The summed E-state index contributed by atoms with van der Waals surface area (Å²) in [5.41, 5.74) is 2.62. The standard InChI is InChI=1S/C22H26ClN5O3/c1-16-12-24-15-27(16)10-4-9-25-22(29)28(14-17-5-8-21(23)26-13-17)18-6-7-19(30-2)20(11-18)31-3/h5-8,11-13,15H,4,9-10,14H2,1-3H3,(H,25,29). The van der Waals surface area contributed by atoms with E-state index in [0.717, 1.165) is 24.2 Å². The van der Waals surface area contributed by atoms with Crippen molar-refractivity contribution in [2.75, 3.05) is 25.7 Å². The molecule has 0 radical (unpaired) electrons. The molecule has 31 heavy (non-hydrogen) atoms. The minimum absolute atomic E-state index is 0.218. The molecule has 0 atom stereocenters. The van der Waals surface area contributed by atoms with E-state index in [1.807, 2.05) is 25.3 Å². The van der Waals surface area contributed by atoms with Crippen LogP contribution < -0.4 is 19.7 Å². The number of pyridine rings is 1. The molecule has 9 heteroatoms. The second-order valence-corrected chi connectivity index (χ2v) is 7.32. The van der Waals surface area contributed by atoms with Crippen LogP contribution >= 0.6 is 11.6 Å². The van der Waals surface area contributed by atoms with Gasteiger partial charge in [0, 0.05) is 42.9 Å². The maximum absolute atomic E-state index is 13.1. The van der Waals surface area contributed by atoms with Gasteiger partial charge in [-0.3, -0.25) is 4.90 Å². The molecule has 1 aromatic carbocycles. The molecule has 2 amide bonds. The van der Waals surface area contributed by atoms with Crippen LogP contribution in [0.2, 0.25) is 5.15 Å². The third-order valence-electron chi connectivity index (χ3n) is 4.83. The second kappa shape index (κ2) is 10.7. The average Bonchev–Trinajstić information content (AvgIpc) is 3.20. The summed E-state index contributed by atoms with van der Waals surface area (Å²) in [5.74, 6) is 1.14. The molecule has 0 aliphatic heterocycles. The molecule has 3 rings (SSSR count). The highest BCUT2D eigenvalue weighted by atomic mass is 35.5. The lowest BCUT2D eigenvalue weighted by atomic mass is 10.2. The van der Waals surface area contributed by atoms with E-state index >= 15 is 0 Å². The van der Waals surface area contributed by atoms with E-state index in [9.17, 15) is 4.79 Å². The van der Waals surface area contributed by atoms with Crippen LogP contribution in [-0.4, -0.2) is 41.3 Å². The largest absolute Gasteiger partial charge is 0.493 e. The van der Waals surface area contributed by atoms with Crippen molar-refractivity contribution in [3.05, 3.63) is 65.5 Å². The Kier molecular flexibility index (Phi) is 7.72. The molecule has 0 fully saturated rings. The van der Waals surface area contributed by atoms with Gasteiger partial charge in [0.2, 0.25) is 0 Å². The molecule has 0 spiro atoms. The number of hydrogen-bond acceptors (Lipinski definition) is 5. The van der Waals surface area contributed by atoms with Crippen molar-refractivity contribution in [2.45, 2.75) is 26.4 Å². The molecule has 2 heterocycles. The molecule has 0 saturated carbocycles. The zero-order valence-electron chi connectivity index (χ0n) is 17.8. The van der Waals surface area contributed by atoms with Crippen molar-refractivity contribution >= 4 is 23.3 Å². The monoisotopic (exact) mass is 443 g/mol. The predicted octanol–water partition coefficient (Wildman–Crippen LogP) is 4.06. The SMILES string of the molecule is COc1ccc(N(Cc2ccc(Cl)nc2)C(=O)NCCCn2cncc2C)cc1OC. The van der Waals surface area contributed by atoms with Crippen LogP contribution in [0.3, 0.4) is 0 Å². The average molecular weight is 444 g/mol. The number of carbonyl (C=O) groups excluding carboxylic acids is 1. The van der Waals surface area contributed by atoms with Gasteiger partial charge < -0.3 is 19.4 Å². The number of rotatable bonds is 9. The molecular formula is C22H26ClN5O3. The molecule has 0 saturated heterocycles. The Labute approximate surface area is 186 Å². The Balaban J connectivity index is 1.73. The van der Waals surface area contributed by atoms with Crippen LogP contribution in [0.4, 0.5) is 10.5 Å². The van der Waals surface area contributed by atoms with Gasteiger partial charge in [0.1, 0.15) is 5.15 Å². The van der Waals surface area contributed by atoms with E-state index in [4.69, 9.17) is 21.1 Å². The second-order valence-electron chi connectivity index (χ2n) is 6.93. The van der Waals surface area contributed by atoms with Gasteiger partial charge in [-0.15, -0.1) is 0 Å². The highest BCUT2D eigenvalue weighted by Crippen LogP contribution is 2.32. The van der Waals surface area contributed by atoms with E-state index < -0.39 is 0 Å². The number of ether oxygens (including phenoxy) is 2. The molecule has 164 valence electrons. The summed E-state index contributed by atoms with van der Waals surface area (Å²) in [4.78, 5) is 22.9. The first-order valence-electron chi connectivity index (χ1n) is 9.86. The summed E-state index contributed by atoms with van der Waals surface area (Å²) in [5, 5.41) is 3.40. The summed E-state index contributed by atoms with van der Waals surface area (Å²) in [6.07, 6.45) is 6.05. The number of nitrogens with one attached hydrogen (secondary N) is 1. The zero-order valence-corrected chi connectivity index (χ0v) is 18.6. The van der Waals surface area contributed by atoms with E-state index in [2.05, 4.69) is 19.9 Å². The number of aryl methyl sites for hydroxylation is 2. The number of amides is 2. The summed E-state index contributed by atoms with van der Waals surface area (Å²) in [6, 6.07) is 8.70. The molecule has 0 aliphatic rings. The maximum atomic E-state index is 13.1. The van der Waals surface area contributed by atoms with Crippen LogP contribution in [0.15, 0.2) is 49.1 Å². The maximum Gasteiger partial charge on any atom is 0.322 e. The first-order valence-corrected chi connectivity index (χ1v) is 10.2. The number of imidazole rings is 1. The van der Waals surface area contributed by atoms with Crippen LogP contribution in [0.1, 0.15) is 17.7 Å². The number of nitrogens with zero attached hydrogens (tertiary/aromatic N) is 4. The van der Waals surface area contributed by atoms with Gasteiger partial charge in [-0.2, -0.15) is 0 Å². The summed E-state index contributed by atoms with van der Waals surface area (Å²) >= 11 is 5.90. The van der Waals surface area contributed by atoms with Crippen molar-refractivity contribution in [1.82, 2.24) is 19.9 Å². The number of anilines is 1. The molecule has 8 nitrogen and oxygen atoms in total. The lowest BCUT2D eigenvalue weighted by Crippen LogP contribution is -2.40. The molecule has 1 N–H and O–H groups in total. The van der Waals surface area contributed by atoms with Gasteiger partial charge in [-0.25, -0.2) is 14.8 Å². The third-order valence-corrected chi connectivity index (χ3v) is 5.05. The minimum Gasteiger partial charge on any atom is -0.493 e. The fourth-order valence-corrected chi connectivity index (χ4v) is 3.23. The van der Waals surface area contributed by atoms with Crippen molar-refractivity contribution < 1.29 is 14.3 Å². The molecule has 0 bridgehead atoms. The molecular weight excluding hydrogens is 418 g/mol. The van der Waals surface area contributed by atoms with Crippen LogP contribution in [-0.2, 0) is 13.1 Å². The van der Waals surface area contributed by atoms with Gasteiger partial charge in [0.05, 0.1) is 27.1 Å². The van der Waals surface area contributed by atoms with Crippen LogP contribution in [0.25, 0.3) is 0 Å². The zero-order chi connectivity index (χ0) is 22.2. The lowest BCUT2D eigenvalue weighted by Gasteiger charge is -2.24. The fourth-order valence-electron chi connectivity index (χ4n) is 3.12. The van der Waals surface area contributed by atoms with Crippen molar-refractivity contribution in [1.29, 1.82) is 0 Å². The number of methoxy groups -OCH3 is 2. The Bertz CT molecular complexity index is 1010. The topological polar surface area (TPSA) is 81.5 Å². The quantitative estimate of drug-likeness (QED) is 0.398. The Hall–Kier alpha value is -3.26. The Morgan fingerprint density at radius 3 is 2.61 bits per heavy atom. The number of benzene rings is 1. The Morgan fingerprint density at radius 2 is 1.97 bits per heavy atom. The highest BCUT2D eigenvalue weighted by molar-refractivity contribution is 6.29. The minimum atomic E-state index is -0.218. The third kappa shape index (κ3) is 5.88. The van der Waals surface area contributed by atoms with E-state index in [1.165, 1.54) is 0 Å². The normalized spacial score (nSPS) is 10.6. The number of hydrogen-bond donors (Lipinski definition) is 1. The summed E-state index contributed by atoms with van der Waals surface area (Å²) in [6.45, 7) is 3.64. The number of carbonyl (C=O) groups is 1. The van der Waals surface area contributed by atoms with Gasteiger partial charge >= 0.3 is 6.03 Å². The van der Waals surface area contributed by atoms with Crippen LogP contribution in [0, 0.1) is 6.92 Å². The molecule has 0 aliphatic carbocycles. The fraction of sp³-hybridized carbons (Fsp3) is 0.318. The van der Waals surface area contributed by atoms with E-state index in [-0.39, 0.29) is 6.03 Å². The molecule has 2 aromatic heterocycles. The first-order chi connectivity index (χ1) is 15.0. The number of urea groups is 1. The van der Waals surface area contributed by atoms with Crippen molar-refractivity contribution in [2.24, 2.45) is 0 Å².